The summed E-state index contributed by atoms with van der Waals surface area (Å²) >= 11 is 0. The van der Waals surface area contributed by atoms with Crippen LogP contribution in [0.3, 0.4) is 0 Å². The van der Waals surface area contributed by atoms with Gasteiger partial charge in [0.15, 0.2) is 0 Å². The molecule has 11 nitrogen and oxygen atoms in total. The van der Waals surface area contributed by atoms with Gasteiger partial charge in [-0.05, 0) is 31.1 Å². The predicted octanol–water partition coefficient (Wildman–Crippen LogP) is 5.98. The smallest absolute Gasteiger partial charge is 0.328 e. The highest BCUT2D eigenvalue weighted by Crippen LogP contribution is 2.35. The number of amides is 4. The zero-order valence-corrected chi connectivity index (χ0v) is 28.7. The van der Waals surface area contributed by atoms with E-state index in [0.29, 0.717) is 32.2 Å². The summed E-state index contributed by atoms with van der Waals surface area (Å²) in [4.78, 5) is 72.7. The number of carbonyl (C=O) groups excluding carboxylic acids is 4. The average Bonchev–Trinajstić information content (AvgIpc) is 3.27. The number of nitrogens with one attached hydrogen (secondary N) is 2. The van der Waals surface area contributed by atoms with Crippen molar-refractivity contribution in [3.63, 3.8) is 0 Å². The van der Waals surface area contributed by atoms with E-state index in [1.54, 1.807) is 0 Å². The van der Waals surface area contributed by atoms with Crippen molar-refractivity contribution < 1.29 is 39.0 Å². The molecular weight excluding hydrogens is 590 g/mol. The number of aliphatic carboxylic acids is 2. The van der Waals surface area contributed by atoms with Crippen molar-refractivity contribution in [1.29, 1.82) is 0 Å². The molecule has 4 amide bonds. The molecule has 0 aromatic rings. The van der Waals surface area contributed by atoms with Crippen LogP contribution in [-0.4, -0.2) is 69.8 Å². The second-order valence-corrected chi connectivity index (χ2v) is 13.9. The number of hydrogen-bond acceptors (Lipinski definition) is 6. The molecule has 1 heterocycles. The summed E-state index contributed by atoms with van der Waals surface area (Å²) in [5.41, 5.74) is -0.261. The van der Waals surface area contributed by atoms with Crippen LogP contribution in [0.25, 0.3) is 0 Å². The van der Waals surface area contributed by atoms with Crippen LogP contribution in [0.15, 0.2) is 0 Å². The Labute approximate surface area is 276 Å². The van der Waals surface area contributed by atoms with Crippen molar-refractivity contribution in [2.45, 2.75) is 162 Å². The Morgan fingerprint density at radius 3 is 1.57 bits per heavy atom. The van der Waals surface area contributed by atoms with Gasteiger partial charge < -0.3 is 20.8 Å². The molecule has 46 heavy (non-hydrogen) atoms. The molecule has 1 fully saturated rings. The van der Waals surface area contributed by atoms with Crippen LogP contribution >= 0.6 is 0 Å². The van der Waals surface area contributed by atoms with E-state index >= 15 is 0 Å². The van der Waals surface area contributed by atoms with Gasteiger partial charge in [-0.15, -0.1) is 0 Å². The van der Waals surface area contributed by atoms with E-state index in [4.69, 9.17) is 5.11 Å². The molecule has 1 saturated heterocycles. The second kappa shape index (κ2) is 23.4. The number of carboxylic acid groups (broad SMARTS) is 2. The summed E-state index contributed by atoms with van der Waals surface area (Å²) < 4.78 is 0. The summed E-state index contributed by atoms with van der Waals surface area (Å²) in [5, 5.41) is 23.2. The SMILES string of the molecule is CC(C)(C)C1CC(=O)N(CCCCCC(=O)NCC(NC(=O)CCCCCCCCCCCCCCCCC(=O)O)C(=O)O)C1=O. The number of carboxylic acids is 2. The fourth-order valence-corrected chi connectivity index (χ4v) is 5.78. The van der Waals surface area contributed by atoms with E-state index in [0.717, 1.165) is 38.5 Å². The van der Waals surface area contributed by atoms with Gasteiger partial charge in [0.2, 0.25) is 23.6 Å². The Hall–Kier alpha value is -2.98. The Kier molecular flexibility index (Phi) is 20.8. The van der Waals surface area contributed by atoms with E-state index in [9.17, 15) is 33.9 Å². The van der Waals surface area contributed by atoms with Crippen LogP contribution in [0.2, 0.25) is 0 Å². The van der Waals surface area contributed by atoms with Crippen molar-refractivity contribution in [3.05, 3.63) is 0 Å². The number of hydrogen-bond donors (Lipinski definition) is 4. The molecule has 0 bridgehead atoms. The molecule has 0 saturated carbocycles. The lowest BCUT2D eigenvalue weighted by Gasteiger charge is -2.24. The van der Waals surface area contributed by atoms with Crippen molar-refractivity contribution in [1.82, 2.24) is 15.5 Å². The van der Waals surface area contributed by atoms with Gasteiger partial charge in [0.1, 0.15) is 6.04 Å². The highest BCUT2D eigenvalue weighted by Gasteiger charge is 2.44. The lowest BCUT2D eigenvalue weighted by molar-refractivity contribution is -0.142. The van der Waals surface area contributed by atoms with Crippen LogP contribution in [0.4, 0.5) is 0 Å². The lowest BCUT2D eigenvalue weighted by atomic mass is 9.80. The van der Waals surface area contributed by atoms with Crippen molar-refractivity contribution in [3.8, 4) is 0 Å². The fourth-order valence-electron chi connectivity index (χ4n) is 5.78. The number of nitrogens with zero attached hydrogens (tertiary/aromatic N) is 1. The van der Waals surface area contributed by atoms with E-state index in [2.05, 4.69) is 10.6 Å². The number of unbranched alkanes of at least 4 members (excludes halogenated alkanes) is 15. The molecule has 2 unspecified atom stereocenters. The summed E-state index contributed by atoms with van der Waals surface area (Å²) in [6.07, 6.45) is 18.0. The number of likely N-dealkylation sites (tertiary alicyclic amines) is 1. The third-order valence-electron chi connectivity index (χ3n) is 8.76. The lowest BCUT2D eigenvalue weighted by Crippen LogP contribution is -2.48. The highest BCUT2D eigenvalue weighted by atomic mass is 16.4. The zero-order valence-electron chi connectivity index (χ0n) is 28.7. The third-order valence-corrected chi connectivity index (χ3v) is 8.76. The fraction of sp³-hybridized carbons (Fsp3) is 0.829. The van der Waals surface area contributed by atoms with Gasteiger partial charge in [0, 0.05) is 38.8 Å². The van der Waals surface area contributed by atoms with Crippen molar-refractivity contribution in [2.24, 2.45) is 11.3 Å². The maximum Gasteiger partial charge on any atom is 0.328 e. The molecule has 4 N–H and O–H groups in total. The van der Waals surface area contributed by atoms with Gasteiger partial charge in [-0.2, -0.15) is 0 Å². The molecule has 264 valence electrons. The summed E-state index contributed by atoms with van der Waals surface area (Å²) in [6, 6.07) is -1.18. The van der Waals surface area contributed by atoms with Crippen LogP contribution < -0.4 is 10.6 Å². The average molecular weight is 652 g/mol. The first-order chi connectivity index (χ1) is 21.8. The molecule has 0 radical (unpaired) electrons. The summed E-state index contributed by atoms with van der Waals surface area (Å²) in [6.45, 7) is 6.04. The number of rotatable bonds is 27. The molecular formula is C35H61N3O8. The first-order valence-electron chi connectivity index (χ1n) is 17.7. The Bertz CT molecular complexity index is 962. The van der Waals surface area contributed by atoms with Crippen LogP contribution in [0.5, 0.6) is 0 Å². The van der Waals surface area contributed by atoms with Crippen molar-refractivity contribution >= 4 is 35.6 Å². The summed E-state index contributed by atoms with van der Waals surface area (Å²) in [5.74, 6) is -3.09. The Morgan fingerprint density at radius 1 is 0.696 bits per heavy atom. The minimum absolute atomic E-state index is 0.119. The monoisotopic (exact) mass is 651 g/mol. The Balaban J connectivity index is 2.04. The molecule has 0 aromatic heterocycles. The maximum absolute atomic E-state index is 12.6. The molecule has 1 aliphatic heterocycles. The Morgan fingerprint density at radius 2 is 1.13 bits per heavy atom. The van der Waals surface area contributed by atoms with Gasteiger partial charge in [-0.1, -0.05) is 104 Å². The van der Waals surface area contributed by atoms with Gasteiger partial charge in [-0.25, -0.2) is 4.79 Å². The molecule has 0 spiro atoms. The first-order valence-corrected chi connectivity index (χ1v) is 17.7. The first kappa shape index (κ1) is 41.0. The van der Waals surface area contributed by atoms with Crippen LogP contribution in [0, 0.1) is 11.3 Å². The van der Waals surface area contributed by atoms with E-state index in [-0.39, 0.29) is 67.2 Å². The van der Waals surface area contributed by atoms with E-state index in [1.165, 1.54) is 49.8 Å². The van der Waals surface area contributed by atoms with Gasteiger partial charge in [0.05, 0.1) is 5.92 Å². The maximum atomic E-state index is 12.6. The molecule has 0 aliphatic carbocycles. The van der Waals surface area contributed by atoms with Gasteiger partial charge in [-0.3, -0.25) is 28.9 Å². The van der Waals surface area contributed by atoms with Crippen LogP contribution in [-0.2, 0) is 28.8 Å². The van der Waals surface area contributed by atoms with Crippen molar-refractivity contribution in [2.75, 3.05) is 13.1 Å². The zero-order chi connectivity index (χ0) is 34.4. The molecule has 11 heteroatoms. The molecule has 0 aromatic carbocycles. The minimum Gasteiger partial charge on any atom is -0.481 e. The molecule has 1 aliphatic rings. The van der Waals surface area contributed by atoms with Crippen LogP contribution in [0.1, 0.15) is 156 Å². The largest absolute Gasteiger partial charge is 0.481 e. The predicted molar refractivity (Wildman–Crippen MR) is 177 cm³/mol. The number of carbonyl (C=O) groups is 6. The normalized spacial score (nSPS) is 15.6. The topological polar surface area (TPSA) is 170 Å². The minimum atomic E-state index is -1.20. The highest BCUT2D eigenvalue weighted by molar-refractivity contribution is 6.03. The molecule has 2 atom stereocenters. The quantitative estimate of drug-likeness (QED) is 0.0621. The van der Waals surface area contributed by atoms with Gasteiger partial charge >= 0.3 is 11.9 Å². The standard InChI is InChI=1S/C35H61N3O8/c1-35(2,3)27-25-31(41)38(33(27)44)24-20-16-18-21-29(39)36-26-28(34(45)46)37-30(40)22-17-14-12-10-8-6-4-5-7-9-11-13-15-19-23-32(42)43/h27-28H,4-26H2,1-3H3,(H,36,39)(H,37,40)(H,42,43)(H,45,46). The number of imide groups is 1. The van der Waals surface area contributed by atoms with E-state index < -0.39 is 18.0 Å². The second-order valence-electron chi connectivity index (χ2n) is 13.9. The summed E-state index contributed by atoms with van der Waals surface area (Å²) in [7, 11) is 0. The van der Waals surface area contributed by atoms with Gasteiger partial charge in [0.25, 0.3) is 0 Å². The van der Waals surface area contributed by atoms with E-state index in [1.807, 2.05) is 20.8 Å². The third kappa shape index (κ3) is 18.9. The molecule has 1 rings (SSSR count).